The predicted octanol–water partition coefficient (Wildman–Crippen LogP) is 4.76. The first-order valence-corrected chi connectivity index (χ1v) is 10.8. The normalized spacial score (nSPS) is 18.7. The summed E-state index contributed by atoms with van der Waals surface area (Å²) in [7, 11) is 0. The monoisotopic (exact) mass is 411 g/mol. The van der Waals surface area contributed by atoms with Crippen molar-refractivity contribution in [3.8, 4) is 11.3 Å². The minimum atomic E-state index is -0.0371. The first-order chi connectivity index (χ1) is 15.2. The number of hydrogen-bond donors (Lipinski definition) is 1. The van der Waals surface area contributed by atoms with Crippen molar-refractivity contribution in [3.63, 3.8) is 0 Å². The second kappa shape index (κ2) is 8.30. The molecular formula is C25H25N5O. The molecule has 1 fully saturated rings. The van der Waals surface area contributed by atoms with Gasteiger partial charge in [-0.15, -0.1) is 0 Å². The zero-order chi connectivity index (χ0) is 21.2. The van der Waals surface area contributed by atoms with E-state index in [-0.39, 0.29) is 11.6 Å². The van der Waals surface area contributed by atoms with Crippen molar-refractivity contribution in [2.24, 2.45) is 0 Å². The number of fused-ring (bicyclic) bond motifs is 1. The van der Waals surface area contributed by atoms with Crippen LogP contribution in [0.2, 0.25) is 0 Å². The first kappa shape index (κ1) is 19.4. The van der Waals surface area contributed by atoms with Crippen LogP contribution in [-0.4, -0.2) is 25.8 Å². The van der Waals surface area contributed by atoms with Gasteiger partial charge in [0.2, 0.25) is 0 Å². The minimum absolute atomic E-state index is 0.0371. The molecule has 1 aliphatic carbocycles. The molecule has 5 rings (SSSR count). The van der Waals surface area contributed by atoms with Crippen molar-refractivity contribution in [2.45, 2.75) is 44.7 Å². The van der Waals surface area contributed by atoms with E-state index < -0.39 is 0 Å². The Morgan fingerprint density at radius 2 is 1.74 bits per heavy atom. The number of nitrogens with one attached hydrogen (secondary N) is 1. The third-order valence-electron chi connectivity index (χ3n) is 6.05. The number of para-hydroxylation sites is 1. The summed E-state index contributed by atoms with van der Waals surface area (Å²) in [5.74, 6) is 0. The zero-order valence-corrected chi connectivity index (χ0v) is 17.5. The van der Waals surface area contributed by atoms with Crippen molar-refractivity contribution >= 4 is 16.6 Å². The average Bonchev–Trinajstić information content (AvgIpc) is 2.80. The van der Waals surface area contributed by atoms with E-state index in [1.807, 2.05) is 25.1 Å². The maximum absolute atomic E-state index is 12.5. The molecule has 6 heteroatoms. The Bertz CT molecular complexity index is 1260. The molecule has 0 amide bonds. The van der Waals surface area contributed by atoms with E-state index in [9.17, 15) is 4.79 Å². The number of rotatable bonds is 4. The van der Waals surface area contributed by atoms with Gasteiger partial charge in [0, 0.05) is 46.8 Å². The number of benzene rings is 1. The van der Waals surface area contributed by atoms with Gasteiger partial charge in [-0.25, -0.2) is 4.68 Å². The molecular weight excluding hydrogens is 386 g/mol. The molecule has 0 radical (unpaired) electrons. The highest BCUT2D eigenvalue weighted by Crippen LogP contribution is 2.31. The average molecular weight is 412 g/mol. The van der Waals surface area contributed by atoms with Crippen LogP contribution in [0.4, 0.5) is 5.69 Å². The van der Waals surface area contributed by atoms with Gasteiger partial charge in [-0.05, 0) is 62.9 Å². The smallest absolute Gasteiger partial charge is 0.267 e. The van der Waals surface area contributed by atoms with Crippen molar-refractivity contribution < 1.29 is 0 Å². The summed E-state index contributed by atoms with van der Waals surface area (Å²) < 4.78 is 1.68. The second-order valence-electron chi connectivity index (χ2n) is 8.22. The molecule has 0 unspecified atom stereocenters. The number of aromatic nitrogens is 4. The van der Waals surface area contributed by atoms with Gasteiger partial charge < -0.3 is 5.32 Å². The number of anilines is 1. The van der Waals surface area contributed by atoms with Gasteiger partial charge in [-0.1, -0.05) is 18.2 Å². The van der Waals surface area contributed by atoms with E-state index >= 15 is 0 Å². The van der Waals surface area contributed by atoms with Crippen molar-refractivity contribution in [2.75, 3.05) is 5.32 Å². The summed E-state index contributed by atoms with van der Waals surface area (Å²) in [6.07, 6.45) is 7.32. The van der Waals surface area contributed by atoms with Gasteiger partial charge in [0.05, 0.1) is 17.3 Å². The maximum Gasteiger partial charge on any atom is 0.267 e. The lowest BCUT2D eigenvalue weighted by Crippen LogP contribution is -2.33. The van der Waals surface area contributed by atoms with Crippen LogP contribution in [0, 0.1) is 6.92 Å². The summed E-state index contributed by atoms with van der Waals surface area (Å²) >= 11 is 0. The van der Waals surface area contributed by atoms with Crippen molar-refractivity contribution in [3.05, 3.63) is 83.0 Å². The van der Waals surface area contributed by atoms with Crippen molar-refractivity contribution in [1.29, 1.82) is 0 Å². The van der Waals surface area contributed by atoms with E-state index in [4.69, 9.17) is 0 Å². The van der Waals surface area contributed by atoms with E-state index in [1.165, 1.54) is 0 Å². The molecule has 0 spiro atoms. The minimum Gasteiger partial charge on any atom is -0.382 e. The molecule has 156 valence electrons. The molecule has 1 aromatic carbocycles. The van der Waals surface area contributed by atoms with E-state index in [0.29, 0.717) is 6.04 Å². The van der Waals surface area contributed by atoms with Crippen LogP contribution in [0.1, 0.15) is 37.4 Å². The van der Waals surface area contributed by atoms with Gasteiger partial charge in [0.1, 0.15) is 0 Å². The molecule has 0 aliphatic heterocycles. The van der Waals surface area contributed by atoms with Crippen molar-refractivity contribution in [1.82, 2.24) is 19.7 Å². The molecule has 4 aromatic rings. The Labute approximate surface area is 181 Å². The topological polar surface area (TPSA) is 72.7 Å². The summed E-state index contributed by atoms with van der Waals surface area (Å²) in [5, 5.41) is 9.56. The summed E-state index contributed by atoms with van der Waals surface area (Å²) in [6, 6.07) is 18.1. The van der Waals surface area contributed by atoms with Gasteiger partial charge in [-0.2, -0.15) is 5.10 Å². The van der Waals surface area contributed by atoms with Gasteiger partial charge >= 0.3 is 0 Å². The standard InChI is InChI=1S/C25H25N5O/c1-17-16-24(21-4-2-3-5-23(21)27-17)28-19-6-8-20(9-7-19)30-25(31)11-10-22(29-30)18-12-14-26-15-13-18/h2-5,10-16,19-20H,6-9H2,1H3,(H,27,28). The molecule has 31 heavy (non-hydrogen) atoms. The molecule has 3 heterocycles. The van der Waals surface area contributed by atoms with E-state index in [1.54, 1.807) is 29.2 Å². The lowest BCUT2D eigenvalue weighted by atomic mass is 9.91. The van der Waals surface area contributed by atoms with Crippen LogP contribution >= 0.6 is 0 Å². The molecule has 1 N–H and O–H groups in total. The quantitative estimate of drug-likeness (QED) is 0.524. The molecule has 6 nitrogen and oxygen atoms in total. The Balaban J connectivity index is 1.32. The van der Waals surface area contributed by atoms with Crippen LogP contribution in [-0.2, 0) is 0 Å². The fourth-order valence-corrected chi connectivity index (χ4v) is 4.48. The van der Waals surface area contributed by atoms with Gasteiger partial charge in [0.15, 0.2) is 0 Å². The number of hydrogen-bond acceptors (Lipinski definition) is 5. The largest absolute Gasteiger partial charge is 0.382 e. The summed E-state index contributed by atoms with van der Waals surface area (Å²) in [6.45, 7) is 2.03. The molecule has 0 bridgehead atoms. The molecule has 0 atom stereocenters. The summed E-state index contributed by atoms with van der Waals surface area (Å²) in [4.78, 5) is 21.2. The van der Waals surface area contributed by atoms with Crippen LogP contribution < -0.4 is 10.9 Å². The number of aryl methyl sites for hydroxylation is 1. The highest BCUT2D eigenvalue weighted by atomic mass is 16.1. The molecule has 1 aliphatic rings. The van der Waals surface area contributed by atoms with Crippen LogP contribution in [0.15, 0.2) is 71.8 Å². The van der Waals surface area contributed by atoms with Gasteiger partial charge in [-0.3, -0.25) is 14.8 Å². The Morgan fingerprint density at radius 3 is 2.55 bits per heavy atom. The van der Waals surface area contributed by atoms with Crippen LogP contribution in [0.3, 0.4) is 0 Å². The lowest BCUT2D eigenvalue weighted by Gasteiger charge is -2.30. The first-order valence-electron chi connectivity index (χ1n) is 10.8. The van der Waals surface area contributed by atoms with E-state index in [0.717, 1.165) is 59.2 Å². The SMILES string of the molecule is Cc1cc(NC2CCC(n3nc(-c4ccncc4)ccc3=O)CC2)c2ccccc2n1. The third-order valence-corrected chi connectivity index (χ3v) is 6.05. The van der Waals surface area contributed by atoms with Gasteiger partial charge in [0.25, 0.3) is 5.56 Å². The zero-order valence-electron chi connectivity index (χ0n) is 17.5. The fraction of sp³-hybridized carbons (Fsp3) is 0.280. The fourth-order valence-electron chi connectivity index (χ4n) is 4.48. The second-order valence-corrected chi connectivity index (χ2v) is 8.22. The molecule has 3 aromatic heterocycles. The highest BCUT2D eigenvalue weighted by Gasteiger charge is 2.24. The highest BCUT2D eigenvalue weighted by molar-refractivity contribution is 5.91. The Hall–Kier alpha value is -3.54. The Morgan fingerprint density at radius 1 is 0.968 bits per heavy atom. The lowest BCUT2D eigenvalue weighted by molar-refractivity contribution is 0.304. The number of nitrogens with zero attached hydrogens (tertiary/aromatic N) is 4. The van der Waals surface area contributed by atoms with E-state index in [2.05, 4.69) is 44.6 Å². The predicted molar refractivity (Wildman–Crippen MR) is 123 cm³/mol. The Kier molecular flexibility index (Phi) is 5.20. The molecule has 0 saturated heterocycles. The summed E-state index contributed by atoms with van der Waals surface area (Å²) in [5.41, 5.74) is 4.91. The van der Waals surface area contributed by atoms with Crippen LogP contribution in [0.25, 0.3) is 22.2 Å². The third kappa shape index (κ3) is 4.06. The molecule has 1 saturated carbocycles. The maximum atomic E-state index is 12.5. The van der Waals surface area contributed by atoms with Crippen LogP contribution in [0.5, 0.6) is 0 Å². The number of pyridine rings is 2.